The molecular formula is C24H19ClF3N3O5S. The molecule has 37 heavy (non-hydrogen) atoms. The summed E-state index contributed by atoms with van der Waals surface area (Å²) in [7, 11) is 2.89. The number of nitrogens with zero attached hydrogens (tertiary/aromatic N) is 2. The molecular weight excluding hydrogens is 535 g/mol. The number of ether oxygens (including phenoxy) is 2. The fraction of sp³-hybridized carbons (Fsp3) is 0.208. The van der Waals surface area contributed by atoms with Crippen LogP contribution in [0.3, 0.4) is 0 Å². The van der Waals surface area contributed by atoms with Crippen LogP contribution in [0.4, 0.5) is 18.9 Å². The number of nitrogens with one attached hydrogen (secondary N) is 1. The number of fused-ring (bicyclic) bond motifs is 1. The standard InChI is InChI=1S/C24H19ClF3N3O5S/c1-34-19-9-15-17(10-20(19)35-2)30-23(31(22(15)33)11-14-4-3-7-36-14)37-12-21(32)29-18-8-13(24(26,27)28)5-6-16(18)25/h3-10H,11-12H2,1-2H3,(H,29,32). The van der Waals surface area contributed by atoms with Gasteiger partial charge in [-0.1, -0.05) is 23.4 Å². The maximum atomic E-state index is 13.4. The number of carbonyl (C=O) groups excluding carboxylic acids is 1. The summed E-state index contributed by atoms with van der Waals surface area (Å²) in [4.78, 5) is 30.6. The molecule has 0 radical (unpaired) electrons. The molecule has 2 aromatic carbocycles. The van der Waals surface area contributed by atoms with Gasteiger partial charge in [-0.15, -0.1) is 0 Å². The van der Waals surface area contributed by atoms with Gasteiger partial charge in [0.25, 0.3) is 5.56 Å². The fourth-order valence-electron chi connectivity index (χ4n) is 3.45. The Hall–Kier alpha value is -3.64. The van der Waals surface area contributed by atoms with Gasteiger partial charge in [-0.2, -0.15) is 13.2 Å². The van der Waals surface area contributed by atoms with Gasteiger partial charge in [0.1, 0.15) is 5.76 Å². The summed E-state index contributed by atoms with van der Waals surface area (Å²) in [6.07, 6.45) is -3.14. The van der Waals surface area contributed by atoms with Crippen molar-refractivity contribution in [3.05, 3.63) is 75.4 Å². The third-order valence-corrected chi connectivity index (χ3v) is 6.52. The number of alkyl halides is 3. The van der Waals surface area contributed by atoms with Crippen molar-refractivity contribution in [1.82, 2.24) is 9.55 Å². The van der Waals surface area contributed by atoms with Gasteiger partial charge in [0.05, 0.1) is 60.0 Å². The van der Waals surface area contributed by atoms with Crippen LogP contribution in [0.15, 0.2) is 63.1 Å². The van der Waals surface area contributed by atoms with Crippen molar-refractivity contribution in [2.75, 3.05) is 25.3 Å². The molecule has 0 aliphatic carbocycles. The number of hydrogen-bond donors (Lipinski definition) is 1. The monoisotopic (exact) mass is 553 g/mol. The summed E-state index contributed by atoms with van der Waals surface area (Å²) in [5.74, 6) is 0.272. The number of anilines is 1. The largest absolute Gasteiger partial charge is 0.493 e. The van der Waals surface area contributed by atoms with Crippen LogP contribution >= 0.6 is 23.4 Å². The first-order valence-electron chi connectivity index (χ1n) is 10.6. The third kappa shape index (κ3) is 5.86. The Balaban J connectivity index is 1.65. The number of thioether (sulfide) groups is 1. The van der Waals surface area contributed by atoms with Gasteiger partial charge in [-0.3, -0.25) is 14.2 Å². The van der Waals surface area contributed by atoms with Crippen molar-refractivity contribution in [2.24, 2.45) is 0 Å². The van der Waals surface area contributed by atoms with E-state index in [0.717, 1.165) is 30.0 Å². The first kappa shape index (κ1) is 26.4. The quantitative estimate of drug-likeness (QED) is 0.229. The number of furan rings is 1. The zero-order valence-corrected chi connectivity index (χ0v) is 21.0. The molecule has 0 fully saturated rings. The molecule has 0 atom stereocenters. The van der Waals surface area contributed by atoms with Gasteiger partial charge in [0.15, 0.2) is 16.7 Å². The van der Waals surface area contributed by atoms with Crippen LogP contribution in [0.25, 0.3) is 10.9 Å². The number of halogens is 4. The van der Waals surface area contributed by atoms with Gasteiger partial charge in [0.2, 0.25) is 5.91 Å². The molecule has 4 rings (SSSR count). The molecule has 194 valence electrons. The minimum atomic E-state index is -4.60. The Morgan fingerprint density at radius 3 is 2.54 bits per heavy atom. The van der Waals surface area contributed by atoms with Crippen LogP contribution in [0, 0.1) is 0 Å². The van der Waals surface area contributed by atoms with Crippen LogP contribution in [0.2, 0.25) is 5.02 Å². The van der Waals surface area contributed by atoms with E-state index >= 15 is 0 Å². The summed E-state index contributed by atoms with van der Waals surface area (Å²) in [5, 5.41) is 2.78. The Bertz CT molecular complexity index is 1510. The summed E-state index contributed by atoms with van der Waals surface area (Å²) in [6.45, 7) is 0.0343. The van der Waals surface area contributed by atoms with Crippen LogP contribution < -0.4 is 20.3 Å². The first-order valence-corrected chi connectivity index (χ1v) is 12.0. The summed E-state index contributed by atoms with van der Waals surface area (Å²) >= 11 is 6.90. The predicted molar refractivity (Wildman–Crippen MR) is 133 cm³/mol. The summed E-state index contributed by atoms with van der Waals surface area (Å²) < 4.78 is 56.4. The van der Waals surface area contributed by atoms with E-state index in [0.29, 0.717) is 22.8 Å². The lowest BCUT2D eigenvalue weighted by Gasteiger charge is -2.14. The second-order valence-corrected chi connectivity index (χ2v) is 8.97. The van der Waals surface area contributed by atoms with E-state index in [1.54, 1.807) is 18.2 Å². The van der Waals surface area contributed by atoms with Crippen molar-refractivity contribution in [3.63, 3.8) is 0 Å². The average Bonchev–Trinajstić information content (AvgIpc) is 3.38. The number of aromatic nitrogens is 2. The van der Waals surface area contributed by atoms with E-state index in [2.05, 4.69) is 10.3 Å². The SMILES string of the molecule is COc1cc2nc(SCC(=O)Nc3cc(C(F)(F)F)ccc3Cl)n(Cc3ccco3)c(=O)c2cc1OC. The van der Waals surface area contributed by atoms with Crippen molar-refractivity contribution in [2.45, 2.75) is 17.9 Å². The average molecular weight is 554 g/mol. The van der Waals surface area contributed by atoms with E-state index in [9.17, 15) is 22.8 Å². The highest BCUT2D eigenvalue weighted by Crippen LogP contribution is 2.34. The topological polar surface area (TPSA) is 95.6 Å². The van der Waals surface area contributed by atoms with E-state index in [4.69, 9.17) is 25.5 Å². The van der Waals surface area contributed by atoms with E-state index < -0.39 is 23.2 Å². The molecule has 0 saturated heterocycles. The lowest BCUT2D eigenvalue weighted by molar-refractivity contribution is -0.137. The summed E-state index contributed by atoms with van der Waals surface area (Å²) in [5.41, 5.74) is -1.24. The van der Waals surface area contributed by atoms with E-state index in [1.807, 2.05) is 0 Å². The van der Waals surface area contributed by atoms with Gasteiger partial charge in [-0.25, -0.2) is 4.98 Å². The second kappa shape index (κ2) is 10.8. The highest BCUT2D eigenvalue weighted by atomic mass is 35.5. The van der Waals surface area contributed by atoms with Crippen LogP contribution in [-0.4, -0.2) is 35.4 Å². The second-order valence-electron chi connectivity index (χ2n) is 7.62. The molecule has 0 aliphatic rings. The summed E-state index contributed by atoms with van der Waals surface area (Å²) in [6, 6.07) is 9.04. The Morgan fingerprint density at radius 2 is 1.89 bits per heavy atom. The molecule has 1 amide bonds. The Morgan fingerprint density at radius 1 is 1.16 bits per heavy atom. The predicted octanol–water partition coefficient (Wildman–Crippen LogP) is 5.46. The molecule has 1 N–H and O–H groups in total. The minimum absolute atomic E-state index is 0.0343. The first-order chi connectivity index (χ1) is 17.6. The number of hydrogen-bond acceptors (Lipinski definition) is 7. The van der Waals surface area contributed by atoms with Crippen LogP contribution in [0.5, 0.6) is 11.5 Å². The molecule has 0 aliphatic heterocycles. The fourth-order valence-corrected chi connectivity index (χ4v) is 4.41. The lowest BCUT2D eigenvalue weighted by atomic mass is 10.2. The van der Waals surface area contributed by atoms with Gasteiger partial charge >= 0.3 is 6.18 Å². The molecule has 0 spiro atoms. The maximum Gasteiger partial charge on any atom is 0.416 e. The van der Waals surface area contributed by atoms with E-state index in [-0.39, 0.29) is 33.6 Å². The minimum Gasteiger partial charge on any atom is -0.493 e. The smallest absolute Gasteiger partial charge is 0.416 e. The third-order valence-electron chi connectivity index (χ3n) is 5.22. The zero-order chi connectivity index (χ0) is 26.7. The Kier molecular flexibility index (Phi) is 7.69. The van der Waals surface area contributed by atoms with Crippen LogP contribution in [-0.2, 0) is 17.5 Å². The zero-order valence-electron chi connectivity index (χ0n) is 19.4. The molecule has 2 heterocycles. The van der Waals surface area contributed by atoms with Gasteiger partial charge in [0, 0.05) is 6.07 Å². The number of carbonyl (C=O) groups is 1. The maximum absolute atomic E-state index is 13.4. The molecule has 0 saturated carbocycles. The van der Waals surface area contributed by atoms with Crippen molar-refractivity contribution in [1.29, 1.82) is 0 Å². The van der Waals surface area contributed by atoms with E-state index in [1.165, 1.54) is 31.1 Å². The number of methoxy groups -OCH3 is 2. The lowest BCUT2D eigenvalue weighted by Crippen LogP contribution is -2.25. The highest BCUT2D eigenvalue weighted by molar-refractivity contribution is 7.99. The molecule has 0 unspecified atom stereocenters. The van der Waals surface area contributed by atoms with Crippen molar-refractivity contribution < 1.29 is 31.9 Å². The van der Waals surface area contributed by atoms with Crippen molar-refractivity contribution >= 4 is 45.9 Å². The molecule has 13 heteroatoms. The number of benzene rings is 2. The molecule has 0 bridgehead atoms. The number of amides is 1. The highest BCUT2D eigenvalue weighted by Gasteiger charge is 2.31. The van der Waals surface area contributed by atoms with Gasteiger partial charge < -0.3 is 19.2 Å². The normalized spacial score (nSPS) is 11.5. The number of rotatable bonds is 8. The molecule has 2 aromatic heterocycles. The van der Waals surface area contributed by atoms with Crippen LogP contribution in [0.1, 0.15) is 11.3 Å². The van der Waals surface area contributed by atoms with Crippen molar-refractivity contribution in [3.8, 4) is 11.5 Å². The Labute approximate surface area is 217 Å². The van der Waals surface area contributed by atoms with Gasteiger partial charge in [-0.05, 0) is 36.4 Å². The molecule has 8 nitrogen and oxygen atoms in total. The molecule has 4 aromatic rings.